The van der Waals surface area contributed by atoms with Crippen LogP contribution in [0.25, 0.3) is 0 Å². The molecule has 0 amide bonds. The van der Waals surface area contributed by atoms with Crippen LogP contribution in [0.5, 0.6) is 0 Å². The highest BCUT2D eigenvalue weighted by molar-refractivity contribution is 4.81. The van der Waals surface area contributed by atoms with Crippen LogP contribution in [0.3, 0.4) is 0 Å². The van der Waals surface area contributed by atoms with Crippen LogP contribution in [0.4, 0.5) is 0 Å². The van der Waals surface area contributed by atoms with Gasteiger partial charge in [0, 0.05) is 0 Å². The maximum atomic E-state index is 2.73. The molecule has 2 heterocycles. The number of piperidine rings is 2. The predicted molar refractivity (Wildman–Crippen MR) is 111 cm³/mol. The van der Waals surface area contributed by atoms with Gasteiger partial charge in [-0.3, -0.25) is 0 Å². The normalized spacial score (nSPS) is 21.5. The lowest BCUT2D eigenvalue weighted by atomic mass is 9.75. The molecule has 2 aliphatic heterocycles. The molecule has 2 saturated heterocycles. The van der Waals surface area contributed by atoms with E-state index in [0.717, 1.165) is 11.8 Å². The van der Waals surface area contributed by atoms with Crippen LogP contribution in [-0.2, 0) is 0 Å². The molecule has 0 aliphatic carbocycles. The highest BCUT2D eigenvalue weighted by Gasteiger charge is 2.29. The molecule has 2 rings (SSSR count). The molecular formula is C22H48N2. The Morgan fingerprint density at radius 2 is 1.21 bits per heavy atom. The van der Waals surface area contributed by atoms with Crippen LogP contribution < -0.4 is 0 Å². The van der Waals surface area contributed by atoms with Crippen LogP contribution in [0.2, 0.25) is 0 Å². The van der Waals surface area contributed by atoms with E-state index in [4.69, 9.17) is 0 Å². The van der Waals surface area contributed by atoms with E-state index < -0.39 is 0 Å². The molecule has 0 aromatic rings. The van der Waals surface area contributed by atoms with Crippen LogP contribution in [0.15, 0.2) is 0 Å². The van der Waals surface area contributed by atoms with E-state index in [-0.39, 0.29) is 0 Å². The first-order chi connectivity index (χ1) is 11.5. The van der Waals surface area contributed by atoms with Crippen LogP contribution in [0, 0.1) is 17.3 Å². The fourth-order valence-corrected chi connectivity index (χ4v) is 3.98. The first-order valence-corrected chi connectivity index (χ1v) is 10.9. The van der Waals surface area contributed by atoms with Gasteiger partial charge in [-0.25, -0.2) is 0 Å². The zero-order valence-corrected chi connectivity index (χ0v) is 18.3. The maximum Gasteiger partial charge on any atom is -0.00159 e. The van der Waals surface area contributed by atoms with E-state index in [0.29, 0.717) is 5.41 Å². The van der Waals surface area contributed by atoms with Crippen molar-refractivity contribution in [1.82, 2.24) is 9.80 Å². The minimum Gasteiger partial charge on any atom is -0.304 e. The summed E-state index contributed by atoms with van der Waals surface area (Å²) >= 11 is 0. The van der Waals surface area contributed by atoms with Crippen molar-refractivity contribution < 1.29 is 0 Å². The molecule has 0 radical (unpaired) electrons. The Bertz CT molecular complexity index is 266. The first kappa shape index (κ1) is 23.9. The van der Waals surface area contributed by atoms with Crippen molar-refractivity contribution in [3.63, 3.8) is 0 Å². The van der Waals surface area contributed by atoms with E-state index in [1.54, 1.807) is 0 Å². The standard InChI is InChI=1S/C18H36N2.2C2H6/c1-5-19-11-6-16(7-12-19)8-13-20-14-9-17(10-15-20)18(2,3)4;2*1-2/h16-17H,5-15H2,1-4H3;2*1-2H3. The van der Waals surface area contributed by atoms with Crippen molar-refractivity contribution in [2.75, 3.05) is 39.3 Å². The summed E-state index contributed by atoms with van der Waals surface area (Å²) in [5, 5.41) is 0. The van der Waals surface area contributed by atoms with Gasteiger partial charge >= 0.3 is 0 Å². The highest BCUT2D eigenvalue weighted by Crippen LogP contribution is 2.34. The fourth-order valence-electron chi connectivity index (χ4n) is 3.98. The molecule has 2 nitrogen and oxygen atoms in total. The zero-order valence-electron chi connectivity index (χ0n) is 18.3. The Labute approximate surface area is 154 Å². The molecule has 0 unspecified atom stereocenters. The average molecular weight is 341 g/mol. The molecule has 24 heavy (non-hydrogen) atoms. The quantitative estimate of drug-likeness (QED) is 0.627. The SMILES string of the molecule is CC.CC.CCN1CCC(CCN2CCC(C(C)(C)C)CC2)CC1. The molecular weight excluding hydrogens is 292 g/mol. The number of nitrogens with zero attached hydrogens (tertiary/aromatic N) is 2. The van der Waals surface area contributed by atoms with Crippen molar-refractivity contribution in [2.45, 2.75) is 87.5 Å². The van der Waals surface area contributed by atoms with Crippen LogP contribution >= 0.6 is 0 Å². The monoisotopic (exact) mass is 340 g/mol. The molecule has 0 N–H and O–H groups in total. The van der Waals surface area contributed by atoms with Crippen LogP contribution in [0.1, 0.15) is 87.5 Å². The second-order valence-corrected chi connectivity index (χ2v) is 8.15. The lowest BCUT2D eigenvalue weighted by molar-refractivity contribution is 0.102. The summed E-state index contributed by atoms with van der Waals surface area (Å²) in [6.07, 6.45) is 7.14. The molecule has 0 aromatic heterocycles. The molecule has 2 heteroatoms. The third-order valence-electron chi connectivity index (χ3n) is 5.82. The Hall–Kier alpha value is -0.0800. The smallest absolute Gasteiger partial charge is 0.00159 e. The Balaban J connectivity index is 0.00000123. The van der Waals surface area contributed by atoms with E-state index in [1.807, 2.05) is 27.7 Å². The number of rotatable bonds is 4. The lowest BCUT2D eigenvalue weighted by Gasteiger charge is -2.39. The van der Waals surface area contributed by atoms with Crippen molar-refractivity contribution in [3.8, 4) is 0 Å². The van der Waals surface area contributed by atoms with Gasteiger partial charge in [0.2, 0.25) is 0 Å². The van der Waals surface area contributed by atoms with Gasteiger partial charge in [0.1, 0.15) is 0 Å². The third kappa shape index (κ3) is 8.85. The van der Waals surface area contributed by atoms with Crippen molar-refractivity contribution in [1.29, 1.82) is 0 Å². The molecule has 0 atom stereocenters. The summed E-state index contributed by atoms with van der Waals surface area (Å²) < 4.78 is 0. The third-order valence-corrected chi connectivity index (χ3v) is 5.82. The molecule has 2 aliphatic rings. The summed E-state index contributed by atoms with van der Waals surface area (Å²) in [4.78, 5) is 5.33. The van der Waals surface area contributed by atoms with Gasteiger partial charge in [-0.1, -0.05) is 55.4 Å². The second kappa shape index (κ2) is 13.2. The molecule has 0 saturated carbocycles. The molecule has 0 aromatic carbocycles. The Morgan fingerprint density at radius 1 is 0.750 bits per heavy atom. The lowest BCUT2D eigenvalue weighted by Crippen LogP contribution is -2.39. The summed E-state index contributed by atoms with van der Waals surface area (Å²) in [6.45, 7) is 25.5. The van der Waals surface area contributed by atoms with E-state index in [1.165, 1.54) is 71.4 Å². The van der Waals surface area contributed by atoms with Crippen molar-refractivity contribution in [2.24, 2.45) is 17.3 Å². The van der Waals surface area contributed by atoms with Gasteiger partial charge < -0.3 is 9.80 Å². The topological polar surface area (TPSA) is 6.48 Å². The maximum absolute atomic E-state index is 2.73. The minimum atomic E-state index is 0.513. The van der Waals surface area contributed by atoms with Gasteiger partial charge in [-0.15, -0.1) is 0 Å². The van der Waals surface area contributed by atoms with Gasteiger partial charge in [0.25, 0.3) is 0 Å². The molecule has 0 spiro atoms. The van der Waals surface area contributed by atoms with Crippen molar-refractivity contribution >= 4 is 0 Å². The summed E-state index contributed by atoms with van der Waals surface area (Å²) in [7, 11) is 0. The van der Waals surface area contributed by atoms with Gasteiger partial charge in [-0.2, -0.15) is 0 Å². The molecule has 146 valence electrons. The van der Waals surface area contributed by atoms with E-state index >= 15 is 0 Å². The number of hydrogen-bond donors (Lipinski definition) is 0. The Kier molecular flexibility index (Phi) is 13.1. The number of hydrogen-bond acceptors (Lipinski definition) is 2. The minimum absolute atomic E-state index is 0.513. The molecule has 2 fully saturated rings. The van der Waals surface area contributed by atoms with E-state index in [9.17, 15) is 0 Å². The summed E-state index contributed by atoms with van der Waals surface area (Å²) in [5.41, 5.74) is 0.513. The largest absolute Gasteiger partial charge is 0.304 e. The van der Waals surface area contributed by atoms with Gasteiger partial charge in [0.15, 0.2) is 0 Å². The molecule has 0 bridgehead atoms. The first-order valence-electron chi connectivity index (χ1n) is 10.9. The number of likely N-dealkylation sites (tertiary alicyclic amines) is 2. The zero-order chi connectivity index (χ0) is 18.6. The average Bonchev–Trinajstić information content (AvgIpc) is 2.63. The van der Waals surface area contributed by atoms with Gasteiger partial charge in [-0.05, 0) is 88.6 Å². The van der Waals surface area contributed by atoms with E-state index in [2.05, 4.69) is 37.5 Å². The second-order valence-electron chi connectivity index (χ2n) is 8.15. The Morgan fingerprint density at radius 3 is 1.62 bits per heavy atom. The van der Waals surface area contributed by atoms with Gasteiger partial charge in [0.05, 0.1) is 0 Å². The highest BCUT2D eigenvalue weighted by atomic mass is 15.1. The fraction of sp³-hybridized carbons (Fsp3) is 1.00. The summed E-state index contributed by atoms with van der Waals surface area (Å²) in [5.74, 6) is 1.93. The van der Waals surface area contributed by atoms with Crippen molar-refractivity contribution in [3.05, 3.63) is 0 Å². The summed E-state index contributed by atoms with van der Waals surface area (Å²) in [6, 6.07) is 0. The van der Waals surface area contributed by atoms with Crippen LogP contribution in [-0.4, -0.2) is 49.1 Å². The predicted octanol–water partition coefficient (Wildman–Crippen LogP) is 5.92.